The van der Waals surface area contributed by atoms with Crippen LogP contribution in [0.4, 0.5) is 8.78 Å². The van der Waals surface area contributed by atoms with Gasteiger partial charge in [0.25, 0.3) is 5.91 Å². The van der Waals surface area contributed by atoms with Gasteiger partial charge in [-0.05, 0) is 62.2 Å². The van der Waals surface area contributed by atoms with E-state index in [1.807, 2.05) is 13.8 Å². The zero-order valence-corrected chi connectivity index (χ0v) is 16.4. The zero-order chi connectivity index (χ0) is 21.3. The molecule has 2 aromatic carbocycles. The summed E-state index contributed by atoms with van der Waals surface area (Å²) >= 11 is 0. The van der Waals surface area contributed by atoms with Crippen molar-refractivity contribution in [3.05, 3.63) is 64.9 Å². The quantitative estimate of drug-likeness (QED) is 0.678. The highest BCUT2D eigenvalue weighted by atomic mass is 19.2. The van der Waals surface area contributed by atoms with Gasteiger partial charge in [-0.2, -0.15) is 0 Å². The molecule has 0 radical (unpaired) electrons. The van der Waals surface area contributed by atoms with Gasteiger partial charge in [-0.1, -0.05) is 6.92 Å². The topological polar surface area (TPSA) is 71.3 Å². The Morgan fingerprint density at radius 3 is 2.52 bits per heavy atom. The number of nitrogens with zero attached hydrogens (tertiary/aromatic N) is 1. The van der Waals surface area contributed by atoms with E-state index in [0.29, 0.717) is 22.2 Å². The lowest BCUT2D eigenvalue weighted by molar-refractivity contribution is -0.121. The number of fused-ring (bicyclic) bond motifs is 1. The molecule has 3 aromatic rings. The van der Waals surface area contributed by atoms with Gasteiger partial charge in [-0.25, -0.2) is 8.78 Å². The molecular formula is C22H22F2N2O3. The molecule has 0 saturated carbocycles. The smallest absolute Gasteiger partial charge is 0.262 e. The van der Waals surface area contributed by atoms with Gasteiger partial charge in [0.15, 0.2) is 11.6 Å². The number of halogens is 2. The second-order valence-electron chi connectivity index (χ2n) is 7.09. The van der Waals surface area contributed by atoms with Crippen molar-refractivity contribution in [2.24, 2.45) is 0 Å². The first kappa shape index (κ1) is 20.5. The van der Waals surface area contributed by atoms with Gasteiger partial charge in [0.2, 0.25) is 5.91 Å². The maximum Gasteiger partial charge on any atom is 0.262 e. The average molecular weight is 400 g/mol. The molecule has 29 heavy (non-hydrogen) atoms. The molecule has 2 N–H and O–H groups in total. The van der Waals surface area contributed by atoms with Crippen molar-refractivity contribution in [1.29, 1.82) is 0 Å². The molecule has 0 bridgehead atoms. The number of phenols is 1. The average Bonchev–Trinajstić information content (AvgIpc) is 2.94. The molecule has 5 nitrogen and oxygen atoms in total. The molecule has 1 atom stereocenters. The number of hydrogen-bond donors (Lipinski definition) is 2. The third kappa shape index (κ3) is 3.99. The van der Waals surface area contributed by atoms with E-state index in [9.17, 15) is 23.5 Å². The molecule has 7 heteroatoms. The number of nitrogens with one attached hydrogen (secondary N) is 1. The molecule has 0 spiro atoms. The SMILES string of the molecule is CCC(C)NC(=O)Cc1c(C)n(C(=O)c2ccc(F)c(F)c2)c2ccc(O)cc12. The van der Waals surface area contributed by atoms with Crippen LogP contribution in [-0.4, -0.2) is 27.5 Å². The molecule has 3 rings (SSSR count). The van der Waals surface area contributed by atoms with Crippen molar-refractivity contribution >= 4 is 22.7 Å². The Morgan fingerprint density at radius 2 is 1.86 bits per heavy atom. The van der Waals surface area contributed by atoms with Crippen LogP contribution in [0, 0.1) is 18.6 Å². The first-order valence-corrected chi connectivity index (χ1v) is 9.35. The van der Waals surface area contributed by atoms with Crippen LogP contribution in [0.3, 0.4) is 0 Å². The Morgan fingerprint density at radius 1 is 1.14 bits per heavy atom. The first-order chi connectivity index (χ1) is 13.7. The second-order valence-corrected chi connectivity index (χ2v) is 7.09. The number of rotatable bonds is 5. The molecule has 0 fully saturated rings. The van der Waals surface area contributed by atoms with Crippen LogP contribution < -0.4 is 5.32 Å². The standard InChI is InChI=1S/C22H22F2N2O3/c1-4-12(2)25-21(28)11-16-13(3)26(20-8-6-15(27)10-17(16)20)22(29)14-5-7-18(23)19(24)9-14/h5-10,12,27H,4,11H2,1-3H3,(H,25,28). The van der Waals surface area contributed by atoms with E-state index >= 15 is 0 Å². The normalized spacial score (nSPS) is 12.2. The molecule has 152 valence electrons. The summed E-state index contributed by atoms with van der Waals surface area (Å²) in [7, 11) is 0. The highest BCUT2D eigenvalue weighted by Crippen LogP contribution is 2.30. The van der Waals surface area contributed by atoms with Gasteiger partial charge in [-0.3, -0.25) is 14.2 Å². The molecule has 0 aliphatic carbocycles. The van der Waals surface area contributed by atoms with E-state index in [0.717, 1.165) is 18.6 Å². The van der Waals surface area contributed by atoms with Crippen LogP contribution in [0.15, 0.2) is 36.4 Å². The Balaban J connectivity index is 2.10. The maximum atomic E-state index is 13.6. The summed E-state index contributed by atoms with van der Waals surface area (Å²) in [5.74, 6) is -2.91. The summed E-state index contributed by atoms with van der Waals surface area (Å²) in [6.07, 6.45) is 0.802. The highest BCUT2D eigenvalue weighted by molar-refractivity contribution is 6.05. The zero-order valence-electron chi connectivity index (χ0n) is 16.4. The summed E-state index contributed by atoms with van der Waals surface area (Å²) in [6.45, 7) is 5.54. The van der Waals surface area contributed by atoms with Crippen molar-refractivity contribution in [1.82, 2.24) is 9.88 Å². The number of phenolic OH excluding ortho intramolecular Hbond substituents is 1. The first-order valence-electron chi connectivity index (χ1n) is 9.35. The maximum absolute atomic E-state index is 13.6. The van der Waals surface area contributed by atoms with Gasteiger partial charge in [0.1, 0.15) is 5.75 Å². The summed E-state index contributed by atoms with van der Waals surface area (Å²) in [5, 5.41) is 13.3. The van der Waals surface area contributed by atoms with E-state index in [-0.39, 0.29) is 29.7 Å². The minimum atomic E-state index is -1.12. The van der Waals surface area contributed by atoms with Crippen molar-refractivity contribution in [2.45, 2.75) is 39.7 Å². The van der Waals surface area contributed by atoms with Crippen LogP contribution in [0.25, 0.3) is 10.9 Å². The van der Waals surface area contributed by atoms with Gasteiger partial charge < -0.3 is 10.4 Å². The fraction of sp³-hybridized carbons (Fsp3) is 0.273. The van der Waals surface area contributed by atoms with E-state index in [1.165, 1.54) is 22.8 Å². The van der Waals surface area contributed by atoms with Gasteiger partial charge >= 0.3 is 0 Å². The summed E-state index contributed by atoms with van der Waals surface area (Å²) in [5.41, 5.74) is 1.54. The van der Waals surface area contributed by atoms with Crippen LogP contribution >= 0.6 is 0 Å². The summed E-state index contributed by atoms with van der Waals surface area (Å²) < 4.78 is 28.2. The van der Waals surface area contributed by atoms with Crippen molar-refractivity contribution < 1.29 is 23.5 Å². The minimum Gasteiger partial charge on any atom is -0.508 e. The van der Waals surface area contributed by atoms with Crippen LogP contribution in [0.5, 0.6) is 5.75 Å². The Kier molecular flexibility index (Phi) is 5.68. The van der Waals surface area contributed by atoms with Gasteiger partial charge in [0.05, 0.1) is 11.9 Å². The number of hydrogen-bond acceptors (Lipinski definition) is 3. The third-order valence-corrected chi connectivity index (χ3v) is 5.05. The third-order valence-electron chi connectivity index (χ3n) is 5.05. The van der Waals surface area contributed by atoms with E-state index in [1.54, 1.807) is 13.0 Å². The molecular weight excluding hydrogens is 378 g/mol. The molecule has 0 saturated heterocycles. The highest BCUT2D eigenvalue weighted by Gasteiger charge is 2.22. The van der Waals surface area contributed by atoms with Crippen molar-refractivity contribution in [2.75, 3.05) is 0 Å². The number of carbonyl (C=O) groups excluding carboxylic acids is 2. The second kappa shape index (κ2) is 8.03. The minimum absolute atomic E-state index is 0.00138. The molecule has 1 amide bonds. The molecule has 1 aromatic heterocycles. The Hall–Kier alpha value is -3.22. The lowest BCUT2D eigenvalue weighted by Crippen LogP contribution is -2.33. The van der Waals surface area contributed by atoms with Gasteiger partial charge in [-0.15, -0.1) is 0 Å². The van der Waals surface area contributed by atoms with Crippen LogP contribution in [-0.2, 0) is 11.2 Å². The molecule has 0 aliphatic rings. The predicted molar refractivity (Wildman–Crippen MR) is 106 cm³/mol. The molecule has 1 heterocycles. The Labute approximate surface area is 167 Å². The fourth-order valence-corrected chi connectivity index (χ4v) is 3.30. The van der Waals surface area contributed by atoms with Crippen molar-refractivity contribution in [3.8, 4) is 5.75 Å². The van der Waals surface area contributed by atoms with Crippen LogP contribution in [0.1, 0.15) is 41.9 Å². The number of aromatic nitrogens is 1. The Bertz CT molecular complexity index is 1110. The molecule has 1 unspecified atom stereocenters. The lowest BCUT2D eigenvalue weighted by Gasteiger charge is -2.12. The largest absolute Gasteiger partial charge is 0.508 e. The number of carbonyl (C=O) groups is 2. The molecule has 0 aliphatic heterocycles. The monoisotopic (exact) mass is 400 g/mol. The van der Waals surface area contributed by atoms with E-state index < -0.39 is 17.5 Å². The summed E-state index contributed by atoms with van der Waals surface area (Å²) in [4.78, 5) is 25.5. The van der Waals surface area contributed by atoms with Crippen molar-refractivity contribution in [3.63, 3.8) is 0 Å². The number of benzene rings is 2. The fourth-order valence-electron chi connectivity index (χ4n) is 3.30. The predicted octanol–water partition coefficient (Wildman–Crippen LogP) is 4.08. The van der Waals surface area contributed by atoms with E-state index in [4.69, 9.17) is 0 Å². The van der Waals surface area contributed by atoms with E-state index in [2.05, 4.69) is 5.32 Å². The van der Waals surface area contributed by atoms with Gasteiger partial charge in [0, 0.05) is 22.7 Å². The lowest BCUT2D eigenvalue weighted by atomic mass is 10.1. The van der Waals surface area contributed by atoms with Crippen LogP contribution in [0.2, 0.25) is 0 Å². The number of amides is 1. The summed E-state index contributed by atoms with van der Waals surface area (Å²) in [6, 6.07) is 7.44. The number of aromatic hydroxyl groups is 1.